The first-order chi connectivity index (χ1) is 12.5. The van der Waals surface area contributed by atoms with E-state index in [1.54, 1.807) is 50.3 Å². The molecule has 0 aliphatic heterocycles. The van der Waals surface area contributed by atoms with Crippen LogP contribution in [0, 0.1) is 6.92 Å². The molecule has 0 radical (unpaired) electrons. The van der Waals surface area contributed by atoms with Crippen molar-refractivity contribution in [1.29, 1.82) is 0 Å². The lowest BCUT2D eigenvalue weighted by atomic mass is 10.1. The Morgan fingerprint density at radius 1 is 1.12 bits per heavy atom. The van der Waals surface area contributed by atoms with Crippen molar-refractivity contribution in [2.75, 3.05) is 19.5 Å². The summed E-state index contributed by atoms with van der Waals surface area (Å²) in [6, 6.07) is 10.7. The first-order valence-corrected chi connectivity index (χ1v) is 8.02. The van der Waals surface area contributed by atoms with Crippen LogP contribution in [0.4, 0.5) is 5.69 Å². The molecule has 0 aliphatic carbocycles. The second-order valence-corrected chi connectivity index (χ2v) is 5.74. The van der Waals surface area contributed by atoms with Crippen molar-refractivity contribution in [2.45, 2.75) is 6.92 Å². The molecule has 0 atom stereocenters. The Bertz CT molecular complexity index is 950. The van der Waals surface area contributed by atoms with Gasteiger partial charge in [0.1, 0.15) is 11.5 Å². The van der Waals surface area contributed by atoms with Crippen LogP contribution < -0.4 is 14.8 Å². The second-order valence-electron chi connectivity index (χ2n) is 5.74. The Hall–Kier alpha value is -3.35. The zero-order chi connectivity index (χ0) is 18.7. The molecule has 0 spiro atoms. The topological polar surface area (TPSA) is 78.3 Å². The zero-order valence-corrected chi connectivity index (χ0v) is 15.1. The molecule has 0 bridgehead atoms. The monoisotopic (exact) mass is 352 g/mol. The molecule has 0 saturated heterocycles. The summed E-state index contributed by atoms with van der Waals surface area (Å²) >= 11 is 0. The molecule has 0 unspecified atom stereocenters. The third kappa shape index (κ3) is 3.51. The van der Waals surface area contributed by atoms with Gasteiger partial charge in [-0.15, -0.1) is 0 Å². The van der Waals surface area contributed by atoms with Crippen LogP contribution in [0.15, 0.2) is 42.6 Å². The fraction of sp³-hybridized carbons (Fsp3) is 0.211. The first kappa shape index (κ1) is 17.5. The van der Waals surface area contributed by atoms with Crippen LogP contribution in [0.25, 0.3) is 11.3 Å². The predicted molar refractivity (Wildman–Crippen MR) is 98.7 cm³/mol. The van der Waals surface area contributed by atoms with Gasteiger partial charge in [0, 0.05) is 30.2 Å². The van der Waals surface area contributed by atoms with E-state index < -0.39 is 0 Å². The minimum Gasteiger partial charge on any atom is -0.497 e. The molecule has 3 aromatic rings. The largest absolute Gasteiger partial charge is 0.497 e. The van der Waals surface area contributed by atoms with E-state index in [1.165, 1.54) is 0 Å². The first-order valence-electron chi connectivity index (χ1n) is 8.02. The fourth-order valence-corrected chi connectivity index (χ4v) is 2.66. The number of pyridine rings is 1. The number of hydrogen-bond donors (Lipinski definition) is 1. The molecule has 0 aliphatic rings. The highest BCUT2D eigenvalue weighted by molar-refractivity contribution is 6.03. The molecule has 1 N–H and O–H groups in total. The average molecular weight is 352 g/mol. The van der Waals surface area contributed by atoms with Gasteiger partial charge in [0.25, 0.3) is 5.91 Å². The Morgan fingerprint density at radius 2 is 1.92 bits per heavy atom. The molecular weight excluding hydrogens is 332 g/mol. The standard InChI is InChI=1S/C19H20N4O3/c1-12-9-13(7-8-20-12)21-19(24)16-11-17(23(2)22-16)15-10-14(25-3)5-6-18(15)26-4/h5-11H,1-4H3,(H,20,21,24). The summed E-state index contributed by atoms with van der Waals surface area (Å²) < 4.78 is 12.4. The van der Waals surface area contributed by atoms with Crippen molar-refractivity contribution < 1.29 is 14.3 Å². The molecule has 1 amide bonds. The summed E-state index contributed by atoms with van der Waals surface area (Å²) in [5.74, 6) is 1.07. The lowest BCUT2D eigenvalue weighted by Gasteiger charge is -2.10. The van der Waals surface area contributed by atoms with Crippen LogP contribution in [0.2, 0.25) is 0 Å². The highest BCUT2D eigenvalue weighted by Crippen LogP contribution is 2.33. The third-order valence-electron chi connectivity index (χ3n) is 3.95. The van der Waals surface area contributed by atoms with Gasteiger partial charge in [-0.3, -0.25) is 14.5 Å². The molecule has 0 saturated carbocycles. The van der Waals surface area contributed by atoms with E-state index in [4.69, 9.17) is 9.47 Å². The molecule has 134 valence electrons. The highest BCUT2D eigenvalue weighted by Gasteiger charge is 2.17. The molecular formula is C19H20N4O3. The smallest absolute Gasteiger partial charge is 0.276 e. The van der Waals surface area contributed by atoms with Gasteiger partial charge < -0.3 is 14.8 Å². The van der Waals surface area contributed by atoms with Gasteiger partial charge in [-0.2, -0.15) is 5.10 Å². The van der Waals surface area contributed by atoms with Crippen LogP contribution in [0.5, 0.6) is 11.5 Å². The summed E-state index contributed by atoms with van der Waals surface area (Å²) in [6.45, 7) is 1.86. The van der Waals surface area contributed by atoms with E-state index in [0.29, 0.717) is 22.9 Å². The molecule has 7 heteroatoms. The summed E-state index contributed by atoms with van der Waals surface area (Å²) in [7, 11) is 4.98. The number of nitrogens with one attached hydrogen (secondary N) is 1. The Labute approximate surface area is 151 Å². The van der Waals surface area contributed by atoms with E-state index in [0.717, 1.165) is 17.0 Å². The van der Waals surface area contributed by atoms with E-state index in [9.17, 15) is 4.79 Å². The lowest BCUT2D eigenvalue weighted by Crippen LogP contribution is -2.13. The van der Waals surface area contributed by atoms with Gasteiger partial charge in [0.2, 0.25) is 0 Å². The molecule has 2 heterocycles. The summed E-state index contributed by atoms with van der Waals surface area (Å²) in [5, 5.41) is 7.16. The number of benzene rings is 1. The average Bonchev–Trinajstić information content (AvgIpc) is 3.03. The van der Waals surface area contributed by atoms with Gasteiger partial charge in [-0.1, -0.05) is 0 Å². The van der Waals surface area contributed by atoms with Gasteiger partial charge in [-0.05, 0) is 43.3 Å². The van der Waals surface area contributed by atoms with Crippen LogP contribution in [-0.4, -0.2) is 34.9 Å². The van der Waals surface area contributed by atoms with Gasteiger partial charge in [0.15, 0.2) is 5.69 Å². The molecule has 2 aromatic heterocycles. The predicted octanol–water partition coefficient (Wildman–Crippen LogP) is 3.06. The number of rotatable bonds is 5. The van der Waals surface area contributed by atoms with Gasteiger partial charge in [0.05, 0.1) is 19.9 Å². The molecule has 7 nitrogen and oxygen atoms in total. The number of aryl methyl sites for hydroxylation is 2. The number of nitrogens with zero attached hydrogens (tertiary/aromatic N) is 3. The Morgan fingerprint density at radius 3 is 2.62 bits per heavy atom. The number of methoxy groups -OCH3 is 2. The second kappa shape index (κ2) is 7.26. The van der Waals surface area contributed by atoms with E-state index in [2.05, 4.69) is 15.4 Å². The Kier molecular flexibility index (Phi) is 4.88. The maximum absolute atomic E-state index is 12.5. The number of carbonyl (C=O) groups excluding carboxylic acids is 1. The maximum Gasteiger partial charge on any atom is 0.276 e. The fourth-order valence-electron chi connectivity index (χ4n) is 2.66. The molecule has 0 fully saturated rings. The van der Waals surface area contributed by atoms with E-state index in [-0.39, 0.29) is 5.91 Å². The quantitative estimate of drug-likeness (QED) is 0.763. The van der Waals surface area contributed by atoms with Gasteiger partial charge >= 0.3 is 0 Å². The van der Waals surface area contributed by atoms with Crippen LogP contribution in [0.3, 0.4) is 0 Å². The molecule has 26 heavy (non-hydrogen) atoms. The number of amides is 1. The zero-order valence-electron chi connectivity index (χ0n) is 15.1. The van der Waals surface area contributed by atoms with Crippen molar-refractivity contribution >= 4 is 11.6 Å². The number of anilines is 1. The minimum atomic E-state index is -0.292. The number of carbonyl (C=O) groups is 1. The molecule has 3 rings (SSSR count). The highest BCUT2D eigenvalue weighted by atomic mass is 16.5. The Balaban J connectivity index is 1.93. The summed E-state index contributed by atoms with van der Waals surface area (Å²) in [4.78, 5) is 16.7. The van der Waals surface area contributed by atoms with Crippen LogP contribution in [0.1, 0.15) is 16.2 Å². The van der Waals surface area contributed by atoms with Crippen molar-refractivity contribution in [1.82, 2.24) is 14.8 Å². The third-order valence-corrected chi connectivity index (χ3v) is 3.95. The summed E-state index contributed by atoms with van der Waals surface area (Å²) in [6.07, 6.45) is 1.65. The SMILES string of the molecule is COc1ccc(OC)c(-c2cc(C(=O)Nc3ccnc(C)c3)nn2C)c1. The minimum absolute atomic E-state index is 0.292. The van der Waals surface area contributed by atoms with Crippen molar-refractivity contribution in [3.63, 3.8) is 0 Å². The van der Waals surface area contributed by atoms with Gasteiger partial charge in [-0.25, -0.2) is 0 Å². The van der Waals surface area contributed by atoms with Crippen LogP contribution in [-0.2, 0) is 7.05 Å². The lowest BCUT2D eigenvalue weighted by molar-refractivity contribution is 0.102. The number of aromatic nitrogens is 3. The van der Waals surface area contributed by atoms with Crippen molar-refractivity contribution in [3.05, 3.63) is 54.0 Å². The van der Waals surface area contributed by atoms with E-state index in [1.807, 2.05) is 25.1 Å². The summed E-state index contributed by atoms with van der Waals surface area (Å²) in [5.41, 5.74) is 3.35. The van der Waals surface area contributed by atoms with E-state index >= 15 is 0 Å². The number of hydrogen-bond acceptors (Lipinski definition) is 5. The van der Waals surface area contributed by atoms with Crippen molar-refractivity contribution in [2.24, 2.45) is 7.05 Å². The van der Waals surface area contributed by atoms with Crippen LogP contribution >= 0.6 is 0 Å². The number of ether oxygens (including phenoxy) is 2. The molecule has 1 aromatic carbocycles. The maximum atomic E-state index is 12.5. The normalized spacial score (nSPS) is 10.5. The van der Waals surface area contributed by atoms with Crippen molar-refractivity contribution in [3.8, 4) is 22.8 Å².